The summed E-state index contributed by atoms with van der Waals surface area (Å²) in [6.07, 6.45) is 3.73. The molecule has 0 aliphatic carbocycles. The summed E-state index contributed by atoms with van der Waals surface area (Å²) in [6, 6.07) is 2.20. The van der Waals surface area contributed by atoms with E-state index >= 15 is 0 Å². The number of carboxylic acids is 1. The number of hydrogen-bond acceptors (Lipinski definition) is 3. The zero-order valence-corrected chi connectivity index (χ0v) is 13.0. The van der Waals surface area contributed by atoms with Gasteiger partial charge in [-0.2, -0.15) is 5.10 Å². The van der Waals surface area contributed by atoms with Crippen LogP contribution in [0.1, 0.15) is 35.3 Å². The van der Waals surface area contributed by atoms with E-state index in [0.29, 0.717) is 6.54 Å². The minimum Gasteiger partial charge on any atom is -0.479 e. The highest BCUT2D eigenvalue weighted by molar-refractivity contribution is 6.30. The first-order valence-corrected chi connectivity index (χ1v) is 7.31. The lowest BCUT2D eigenvalue weighted by molar-refractivity contribution is -0.139. The number of amides is 1. The van der Waals surface area contributed by atoms with E-state index in [4.69, 9.17) is 11.6 Å². The molecule has 2 rings (SSSR count). The summed E-state index contributed by atoms with van der Waals surface area (Å²) in [5, 5.41) is 15.5. The molecule has 0 saturated carbocycles. The Morgan fingerprint density at radius 1 is 1.48 bits per heavy atom. The molecular weight excluding hydrogens is 325 g/mol. The number of rotatable bonds is 6. The number of carboxylic acid groups (broad SMARTS) is 1. The predicted octanol–water partition coefficient (Wildman–Crippen LogP) is 2.64. The van der Waals surface area contributed by atoms with Gasteiger partial charge in [0.25, 0.3) is 5.91 Å². The van der Waals surface area contributed by atoms with Gasteiger partial charge in [0.2, 0.25) is 0 Å². The largest absolute Gasteiger partial charge is 0.479 e. The number of carbonyl (C=O) groups excluding carboxylic acids is 1. The molecule has 1 amide bonds. The van der Waals surface area contributed by atoms with Crippen molar-refractivity contribution in [2.45, 2.75) is 25.9 Å². The average Bonchev–Trinajstić information content (AvgIpc) is 2.96. The second-order valence-electron chi connectivity index (χ2n) is 4.91. The van der Waals surface area contributed by atoms with Gasteiger partial charge in [-0.1, -0.05) is 24.6 Å². The van der Waals surface area contributed by atoms with E-state index in [0.717, 1.165) is 12.5 Å². The van der Waals surface area contributed by atoms with Crippen LogP contribution in [0.5, 0.6) is 0 Å². The van der Waals surface area contributed by atoms with Gasteiger partial charge in [-0.25, -0.2) is 9.18 Å². The zero-order valence-electron chi connectivity index (χ0n) is 12.3. The third-order valence-corrected chi connectivity index (χ3v) is 3.45. The van der Waals surface area contributed by atoms with Crippen LogP contribution in [0.4, 0.5) is 4.39 Å². The van der Waals surface area contributed by atoms with Crippen LogP contribution < -0.4 is 5.32 Å². The molecule has 23 heavy (non-hydrogen) atoms. The van der Waals surface area contributed by atoms with Gasteiger partial charge in [0.1, 0.15) is 5.82 Å². The van der Waals surface area contributed by atoms with Crippen molar-refractivity contribution in [3.8, 4) is 0 Å². The molecule has 0 aliphatic rings. The van der Waals surface area contributed by atoms with Crippen molar-refractivity contribution < 1.29 is 19.1 Å². The fourth-order valence-corrected chi connectivity index (χ4v) is 2.14. The van der Waals surface area contributed by atoms with E-state index in [1.165, 1.54) is 24.5 Å². The summed E-state index contributed by atoms with van der Waals surface area (Å²) in [5.74, 6) is -2.66. The maximum atomic E-state index is 13.5. The molecule has 0 unspecified atom stereocenters. The number of benzene rings is 1. The van der Waals surface area contributed by atoms with Crippen LogP contribution in [0.25, 0.3) is 0 Å². The lowest BCUT2D eigenvalue weighted by Crippen LogP contribution is -2.33. The van der Waals surface area contributed by atoms with E-state index in [9.17, 15) is 19.1 Å². The number of hydrogen-bond donors (Lipinski definition) is 2. The molecule has 0 aliphatic heterocycles. The summed E-state index contributed by atoms with van der Waals surface area (Å²) in [4.78, 5) is 23.5. The highest BCUT2D eigenvalue weighted by atomic mass is 35.5. The second-order valence-corrected chi connectivity index (χ2v) is 5.32. The van der Waals surface area contributed by atoms with Crippen LogP contribution in [-0.2, 0) is 11.3 Å². The van der Waals surface area contributed by atoms with Crippen LogP contribution in [0, 0.1) is 5.82 Å². The fraction of sp³-hybridized carbons (Fsp3) is 0.267. The monoisotopic (exact) mass is 339 g/mol. The van der Waals surface area contributed by atoms with Crippen LogP contribution in [0.15, 0.2) is 30.6 Å². The third-order valence-electron chi connectivity index (χ3n) is 3.15. The molecule has 0 saturated heterocycles. The maximum absolute atomic E-state index is 13.5. The molecule has 0 radical (unpaired) electrons. The van der Waals surface area contributed by atoms with Crippen molar-refractivity contribution in [3.05, 3.63) is 52.6 Å². The Hall–Kier alpha value is -2.41. The Kier molecular flexibility index (Phi) is 5.33. The minimum absolute atomic E-state index is 0.0914. The number of aliphatic carboxylic acids is 1. The Balaban J connectivity index is 2.19. The molecule has 1 atom stereocenters. The zero-order chi connectivity index (χ0) is 17.0. The van der Waals surface area contributed by atoms with E-state index in [1.54, 1.807) is 4.68 Å². The molecule has 0 spiro atoms. The summed E-state index contributed by atoms with van der Waals surface area (Å²) in [7, 11) is 0. The Bertz CT molecular complexity index is 733. The predicted molar refractivity (Wildman–Crippen MR) is 81.8 cm³/mol. The first-order chi connectivity index (χ1) is 10.9. The van der Waals surface area contributed by atoms with Gasteiger partial charge in [-0.15, -0.1) is 0 Å². The topological polar surface area (TPSA) is 84.2 Å². The van der Waals surface area contributed by atoms with Gasteiger partial charge in [-0.05, 0) is 24.1 Å². The van der Waals surface area contributed by atoms with Crippen LogP contribution in [0.3, 0.4) is 0 Å². The normalized spacial score (nSPS) is 12.0. The van der Waals surface area contributed by atoms with Crippen molar-refractivity contribution >= 4 is 23.5 Å². The number of nitrogens with one attached hydrogen (secondary N) is 1. The van der Waals surface area contributed by atoms with Gasteiger partial charge in [0, 0.05) is 12.7 Å². The minimum atomic E-state index is -1.39. The number of halogens is 2. The first kappa shape index (κ1) is 17.0. The van der Waals surface area contributed by atoms with Crippen molar-refractivity contribution in [3.63, 3.8) is 0 Å². The molecule has 0 fully saturated rings. The number of aromatic nitrogens is 2. The fourth-order valence-electron chi connectivity index (χ4n) is 2.03. The Labute approximate surface area is 136 Å². The molecular formula is C15H15ClFN3O3. The van der Waals surface area contributed by atoms with Gasteiger partial charge in [0.05, 0.1) is 16.8 Å². The molecule has 8 heteroatoms. The van der Waals surface area contributed by atoms with E-state index in [2.05, 4.69) is 10.4 Å². The van der Waals surface area contributed by atoms with Crippen molar-refractivity contribution in [1.82, 2.24) is 15.1 Å². The summed E-state index contributed by atoms with van der Waals surface area (Å²) in [6.45, 7) is 2.62. The highest BCUT2D eigenvalue weighted by Gasteiger charge is 2.24. The van der Waals surface area contributed by atoms with Crippen LogP contribution >= 0.6 is 11.6 Å². The van der Waals surface area contributed by atoms with Crippen LogP contribution in [0.2, 0.25) is 5.02 Å². The molecule has 0 bridgehead atoms. The van der Waals surface area contributed by atoms with E-state index < -0.39 is 23.7 Å². The maximum Gasteiger partial charge on any atom is 0.330 e. The number of carbonyl (C=O) groups is 2. The highest BCUT2D eigenvalue weighted by Crippen LogP contribution is 2.21. The smallest absolute Gasteiger partial charge is 0.330 e. The second kappa shape index (κ2) is 7.23. The van der Waals surface area contributed by atoms with Crippen molar-refractivity contribution in [2.75, 3.05) is 0 Å². The first-order valence-electron chi connectivity index (χ1n) is 6.93. The quantitative estimate of drug-likeness (QED) is 0.847. The van der Waals surface area contributed by atoms with Gasteiger partial charge >= 0.3 is 5.97 Å². The van der Waals surface area contributed by atoms with Crippen molar-refractivity contribution in [1.29, 1.82) is 0 Å². The summed E-state index contributed by atoms with van der Waals surface area (Å²) >= 11 is 5.58. The van der Waals surface area contributed by atoms with Gasteiger partial charge in [-0.3, -0.25) is 9.48 Å². The SMILES string of the molecule is CCCn1cc(C(=O)N[C@H](C(=O)O)c2ccc(Cl)c(F)c2)cn1. The van der Waals surface area contributed by atoms with Crippen LogP contribution in [-0.4, -0.2) is 26.8 Å². The molecule has 1 heterocycles. The molecule has 2 aromatic rings. The summed E-state index contributed by atoms with van der Waals surface area (Å²) in [5.41, 5.74) is 0.327. The molecule has 2 N–H and O–H groups in total. The number of aryl methyl sites for hydroxylation is 1. The average molecular weight is 340 g/mol. The number of nitrogens with zero attached hydrogens (tertiary/aromatic N) is 2. The Morgan fingerprint density at radius 3 is 2.83 bits per heavy atom. The lowest BCUT2D eigenvalue weighted by Gasteiger charge is -2.14. The molecule has 1 aromatic heterocycles. The van der Waals surface area contributed by atoms with E-state index in [-0.39, 0.29) is 16.1 Å². The Morgan fingerprint density at radius 2 is 2.22 bits per heavy atom. The van der Waals surface area contributed by atoms with E-state index in [1.807, 2.05) is 6.92 Å². The van der Waals surface area contributed by atoms with Gasteiger partial charge < -0.3 is 10.4 Å². The standard InChI is InChI=1S/C15H15ClFN3O3/c1-2-5-20-8-10(7-18-20)14(21)19-13(15(22)23)9-3-4-11(16)12(17)6-9/h3-4,6-8,13H,2,5H2,1H3,(H,19,21)(H,22,23)/t13-/m0/s1. The molecule has 122 valence electrons. The van der Waals surface area contributed by atoms with Crippen molar-refractivity contribution in [2.24, 2.45) is 0 Å². The lowest BCUT2D eigenvalue weighted by atomic mass is 10.1. The summed E-state index contributed by atoms with van der Waals surface area (Å²) < 4.78 is 15.1. The van der Waals surface area contributed by atoms with Gasteiger partial charge in [0.15, 0.2) is 6.04 Å². The third kappa shape index (κ3) is 4.07. The molecule has 1 aromatic carbocycles. The molecule has 6 nitrogen and oxygen atoms in total.